The van der Waals surface area contributed by atoms with Crippen molar-refractivity contribution in [3.05, 3.63) is 59.6 Å². The quantitative estimate of drug-likeness (QED) is 0.457. The predicted octanol–water partition coefficient (Wildman–Crippen LogP) is 5.32. The number of carbonyl (C=O) groups is 1. The van der Waals surface area contributed by atoms with Crippen LogP contribution in [0.15, 0.2) is 46.9 Å². The first-order valence-electron chi connectivity index (χ1n) is 9.58. The Morgan fingerprint density at radius 2 is 2.14 bits per heavy atom. The number of hydrogen-bond donors (Lipinski definition) is 0. The van der Waals surface area contributed by atoms with Gasteiger partial charge < -0.3 is 9.15 Å². The summed E-state index contributed by atoms with van der Waals surface area (Å²) in [5.41, 5.74) is 1.57. The number of amides is 1. The van der Waals surface area contributed by atoms with Gasteiger partial charge in [-0.1, -0.05) is 35.6 Å². The normalized spacial score (nSPS) is 16.7. The summed E-state index contributed by atoms with van der Waals surface area (Å²) >= 11 is 1.45. The lowest BCUT2D eigenvalue weighted by Gasteiger charge is -2.22. The van der Waals surface area contributed by atoms with Gasteiger partial charge in [0, 0.05) is 17.6 Å². The largest absolute Gasteiger partial charge is 0.448 e. The Kier molecular flexibility index (Phi) is 4.56. The number of anilines is 1. The first-order chi connectivity index (χ1) is 14.1. The molecule has 1 aliphatic rings. The molecule has 1 unspecified atom stereocenters. The zero-order valence-electron chi connectivity index (χ0n) is 15.9. The van der Waals surface area contributed by atoms with Crippen LogP contribution in [0.3, 0.4) is 0 Å². The Hall–Kier alpha value is -2.77. The number of rotatable bonds is 4. The van der Waals surface area contributed by atoms with E-state index in [0.29, 0.717) is 29.2 Å². The van der Waals surface area contributed by atoms with E-state index < -0.39 is 5.82 Å². The third-order valence-electron chi connectivity index (χ3n) is 5.28. The monoisotopic (exact) mass is 410 g/mol. The fraction of sp³-hybridized carbons (Fsp3) is 0.273. The second-order valence-corrected chi connectivity index (χ2v) is 8.20. The number of nitrogens with zero attached hydrogens (tertiary/aromatic N) is 2. The van der Waals surface area contributed by atoms with E-state index in [1.54, 1.807) is 24.0 Å². The number of furan rings is 1. The average Bonchev–Trinajstić information content (AvgIpc) is 3.45. The Labute approximate surface area is 170 Å². The molecular weight excluding hydrogens is 391 g/mol. The van der Waals surface area contributed by atoms with Crippen molar-refractivity contribution in [2.24, 2.45) is 0 Å². The number of hydrogen-bond acceptors (Lipinski definition) is 5. The second kappa shape index (κ2) is 7.24. The van der Waals surface area contributed by atoms with Crippen molar-refractivity contribution in [3.8, 4) is 0 Å². The van der Waals surface area contributed by atoms with Crippen LogP contribution in [0.2, 0.25) is 0 Å². The second-order valence-electron chi connectivity index (χ2n) is 7.19. The van der Waals surface area contributed by atoms with Crippen LogP contribution < -0.4 is 4.90 Å². The van der Waals surface area contributed by atoms with Crippen molar-refractivity contribution in [2.45, 2.75) is 25.9 Å². The lowest BCUT2D eigenvalue weighted by Crippen LogP contribution is -2.37. The molecule has 29 heavy (non-hydrogen) atoms. The Bertz CT molecular complexity index is 1180. The van der Waals surface area contributed by atoms with Gasteiger partial charge in [-0.25, -0.2) is 9.37 Å². The molecule has 2 aromatic heterocycles. The molecule has 1 saturated heterocycles. The Morgan fingerprint density at radius 1 is 1.28 bits per heavy atom. The number of ether oxygens (including phenoxy) is 1. The minimum atomic E-state index is -0.477. The molecule has 148 valence electrons. The fourth-order valence-electron chi connectivity index (χ4n) is 3.75. The van der Waals surface area contributed by atoms with Crippen LogP contribution in [-0.2, 0) is 4.74 Å². The van der Waals surface area contributed by atoms with E-state index in [4.69, 9.17) is 9.15 Å². The van der Waals surface area contributed by atoms with Gasteiger partial charge >= 0.3 is 0 Å². The molecule has 2 aromatic carbocycles. The van der Waals surface area contributed by atoms with Crippen LogP contribution in [0.1, 0.15) is 29.0 Å². The first kappa shape index (κ1) is 18.3. The molecule has 0 saturated carbocycles. The first-order valence-corrected chi connectivity index (χ1v) is 10.4. The van der Waals surface area contributed by atoms with Gasteiger partial charge in [0.15, 0.2) is 22.3 Å². The highest BCUT2D eigenvalue weighted by Crippen LogP contribution is 2.33. The number of fused-ring (bicyclic) bond motifs is 2. The van der Waals surface area contributed by atoms with Gasteiger partial charge in [-0.15, -0.1) is 0 Å². The molecule has 1 aliphatic heterocycles. The van der Waals surface area contributed by atoms with Crippen molar-refractivity contribution in [3.63, 3.8) is 0 Å². The van der Waals surface area contributed by atoms with Crippen LogP contribution >= 0.6 is 11.3 Å². The summed E-state index contributed by atoms with van der Waals surface area (Å²) in [6, 6.07) is 12.5. The maximum absolute atomic E-state index is 14.2. The topological polar surface area (TPSA) is 55.6 Å². The highest BCUT2D eigenvalue weighted by atomic mass is 32.1. The molecule has 3 heterocycles. The third kappa shape index (κ3) is 3.20. The highest BCUT2D eigenvalue weighted by Gasteiger charge is 2.30. The zero-order chi connectivity index (χ0) is 20.0. The van der Waals surface area contributed by atoms with Crippen molar-refractivity contribution in [2.75, 3.05) is 18.1 Å². The van der Waals surface area contributed by atoms with Crippen LogP contribution in [0, 0.1) is 12.7 Å². The highest BCUT2D eigenvalue weighted by molar-refractivity contribution is 7.22. The molecule has 4 aromatic rings. The van der Waals surface area contributed by atoms with E-state index in [1.165, 1.54) is 17.4 Å². The lowest BCUT2D eigenvalue weighted by molar-refractivity contribution is 0.0896. The van der Waals surface area contributed by atoms with E-state index in [9.17, 15) is 9.18 Å². The Morgan fingerprint density at radius 3 is 2.90 bits per heavy atom. The summed E-state index contributed by atoms with van der Waals surface area (Å²) in [4.78, 5) is 19.8. The van der Waals surface area contributed by atoms with Crippen molar-refractivity contribution >= 4 is 43.6 Å². The Balaban J connectivity index is 1.59. The van der Waals surface area contributed by atoms with Gasteiger partial charge in [-0.2, -0.15) is 0 Å². The number of para-hydroxylation sites is 2. The average molecular weight is 410 g/mol. The van der Waals surface area contributed by atoms with E-state index >= 15 is 0 Å². The van der Waals surface area contributed by atoms with Crippen LogP contribution in [0.5, 0.6) is 0 Å². The summed E-state index contributed by atoms with van der Waals surface area (Å²) < 4.78 is 26.7. The number of benzene rings is 2. The van der Waals surface area contributed by atoms with E-state index in [1.807, 2.05) is 24.3 Å². The molecule has 0 N–H and O–H groups in total. The van der Waals surface area contributed by atoms with Gasteiger partial charge in [-0.05, 0) is 38.0 Å². The zero-order valence-corrected chi connectivity index (χ0v) is 16.7. The summed E-state index contributed by atoms with van der Waals surface area (Å²) in [5, 5.41) is 1.20. The molecule has 0 spiro atoms. The molecule has 1 amide bonds. The smallest absolute Gasteiger partial charge is 0.296 e. The molecule has 1 fully saturated rings. The summed E-state index contributed by atoms with van der Waals surface area (Å²) in [6.07, 6.45) is 1.82. The molecule has 5 nitrogen and oxygen atoms in total. The molecule has 0 aliphatic carbocycles. The van der Waals surface area contributed by atoms with Gasteiger partial charge in [0.1, 0.15) is 0 Å². The van der Waals surface area contributed by atoms with Gasteiger partial charge in [0.25, 0.3) is 5.91 Å². The van der Waals surface area contributed by atoms with Gasteiger partial charge in [-0.3, -0.25) is 9.69 Å². The lowest BCUT2D eigenvalue weighted by atomic mass is 10.1. The summed E-state index contributed by atoms with van der Waals surface area (Å²) in [6.45, 7) is 2.86. The summed E-state index contributed by atoms with van der Waals surface area (Å²) in [7, 11) is 0. The molecule has 7 heteroatoms. The van der Waals surface area contributed by atoms with Gasteiger partial charge in [0.2, 0.25) is 0 Å². The predicted molar refractivity (Wildman–Crippen MR) is 111 cm³/mol. The van der Waals surface area contributed by atoms with E-state index in [0.717, 1.165) is 23.1 Å². The number of thiazole rings is 1. The van der Waals surface area contributed by atoms with Crippen LogP contribution in [0.4, 0.5) is 9.52 Å². The van der Waals surface area contributed by atoms with Crippen molar-refractivity contribution in [1.29, 1.82) is 0 Å². The minimum absolute atomic E-state index is 0.0487. The number of halogens is 1. The van der Waals surface area contributed by atoms with E-state index in [-0.39, 0.29) is 23.4 Å². The molecule has 5 rings (SSSR count). The summed E-state index contributed by atoms with van der Waals surface area (Å²) in [5.74, 6) is -0.662. The van der Waals surface area contributed by atoms with E-state index in [2.05, 4.69) is 4.98 Å². The maximum atomic E-state index is 14.2. The molecule has 0 radical (unpaired) electrons. The number of aryl methyl sites for hydroxylation is 1. The van der Waals surface area contributed by atoms with Crippen LogP contribution in [-0.4, -0.2) is 30.1 Å². The fourth-order valence-corrected chi connectivity index (χ4v) is 4.72. The standard InChI is InChI=1S/C22H19FN2O3S/c1-13-15-7-4-8-16(23)20(15)28-19(13)21(26)25(12-14-6-5-11-27-14)22-24-17-9-2-3-10-18(17)29-22/h2-4,7-10,14H,5-6,11-12H2,1H3. The SMILES string of the molecule is Cc1c(C(=O)N(CC2CCCO2)c2nc3ccccc3s2)oc2c(F)cccc12. The number of aromatic nitrogens is 1. The van der Waals surface area contributed by atoms with Crippen molar-refractivity contribution in [1.82, 2.24) is 4.98 Å². The molecule has 1 atom stereocenters. The third-order valence-corrected chi connectivity index (χ3v) is 6.34. The maximum Gasteiger partial charge on any atom is 0.296 e. The minimum Gasteiger partial charge on any atom is -0.448 e. The number of carbonyl (C=O) groups excluding carboxylic acids is 1. The van der Waals surface area contributed by atoms with Crippen LogP contribution in [0.25, 0.3) is 21.2 Å². The van der Waals surface area contributed by atoms with Gasteiger partial charge in [0.05, 0.1) is 22.9 Å². The van der Waals surface area contributed by atoms with Crippen molar-refractivity contribution < 1.29 is 18.3 Å². The molecule has 0 bridgehead atoms. The molecular formula is C22H19FN2O3S.